The van der Waals surface area contributed by atoms with E-state index in [-0.39, 0.29) is 35.9 Å². The zero-order chi connectivity index (χ0) is 23.4. The predicted molar refractivity (Wildman–Crippen MR) is 125 cm³/mol. The Morgan fingerprint density at radius 3 is 2.52 bits per heavy atom. The first-order valence-corrected chi connectivity index (χ1v) is 11.1. The molecule has 3 aromatic carbocycles. The number of hydrogen-bond donors (Lipinski definition) is 3. The highest BCUT2D eigenvalue weighted by molar-refractivity contribution is 5.58. The van der Waals surface area contributed by atoms with Gasteiger partial charge in [-0.3, -0.25) is 10.1 Å². The summed E-state index contributed by atoms with van der Waals surface area (Å²) in [7, 11) is 0. The Kier molecular flexibility index (Phi) is 6.91. The van der Waals surface area contributed by atoms with Crippen molar-refractivity contribution in [3.05, 3.63) is 99.1 Å². The van der Waals surface area contributed by atoms with Crippen LogP contribution < -0.4 is 10.1 Å². The van der Waals surface area contributed by atoms with E-state index in [4.69, 9.17) is 4.74 Å². The number of ether oxygens (including phenoxy) is 1. The third kappa shape index (κ3) is 5.32. The molecule has 1 aliphatic carbocycles. The van der Waals surface area contributed by atoms with Crippen LogP contribution in [0.25, 0.3) is 0 Å². The fourth-order valence-electron chi connectivity index (χ4n) is 4.48. The first-order chi connectivity index (χ1) is 15.9. The van der Waals surface area contributed by atoms with Crippen molar-refractivity contribution in [2.75, 3.05) is 0 Å². The third-order valence-corrected chi connectivity index (χ3v) is 6.08. The Balaban J connectivity index is 1.48. The van der Waals surface area contributed by atoms with Crippen molar-refractivity contribution in [1.82, 2.24) is 5.32 Å². The molecule has 3 N–H and O–H groups in total. The van der Waals surface area contributed by atoms with E-state index in [0.717, 1.165) is 17.5 Å². The van der Waals surface area contributed by atoms with Gasteiger partial charge >= 0.3 is 5.69 Å². The van der Waals surface area contributed by atoms with Gasteiger partial charge in [-0.1, -0.05) is 48.5 Å². The van der Waals surface area contributed by atoms with Gasteiger partial charge in [0.2, 0.25) is 0 Å². The largest absolute Gasteiger partial charge is 0.508 e. The van der Waals surface area contributed by atoms with Crippen molar-refractivity contribution < 1.29 is 19.9 Å². The Labute approximate surface area is 192 Å². The predicted octanol–water partition coefficient (Wildman–Crippen LogP) is 4.45. The average Bonchev–Trinajstić information content (AvgIpc) is 2.81. The first kappa shape index (κ1) is 22.8. The fraction of sp³-hybridized carbons (Fsp3) is 0.308. The van der Waals surface area contributed by atoms with Gasteiger partial charge in [-0.2, -0.15) is 0 Å². The molecule has 1 aliphatic rings. The van der Waals surface area contributed by atoms with Crippen LogP contribution >= 0.6 is 0 Å². The summed E-state index contributed by atoms with van der Waals surface area (Å²) in [6, 6.07) is 19.8. The van der Waals surface area contributed by atoms with Gasteiger partial charge < -0.3 is 20.3 Å². The average molecular weight is 449 g/mol. The number of aliphatic hydroxyl groups excluding tert-OH is 1. The van der Waals surface area contributed by atoms with Gasteiger partial charge in [0, 0.05) is 17.6 Å². The maximum absolute atomic E-state index is 11.9. The Bertz CT molecular complexity index is 1100. The molecule has 7 nitrogen and oxygen atoms in total. The minimum Gasteiger partial charge on any atom is -0.508 e. The highest BCUT2D eigenvalue weighted by Crippen LogP contribution is 2.41. The molecule has 0 saturated carbocycles. The SMILES string of the molecule is CC(Cc1ccc(O)cc1)NC1CCc2c(ccc(OCc3ccccc3)c2[N+](=O)[O-])C1O. The smallest absolute Gasteiger partial charge is 0.314 e. The molecule has 0 aliphatic heterocycles. The maximum Gasteiger partial charge on any atom is 0.314 e. The van der Waals surface area contributed by atoms with E-state index in [1.54, 1.807) is 24.3 Å². The number of rotatable bonds is 8. The lowest BCUT2D eigenvalue weighted by Gasteiger charge is -2.33. The number of aliphatic hydroxyl groups is 1. The maximum atomic E-state index is 11.9. The second-order valence-corrected chi connectivity index (χ2v) is 8.54. The van der Waals surface area contributed by atoms with Gasteiger partial charge in [0.05, 0.1) is 11.0 Å². The topological polar surface area (TPSA) is 105 Å². The van der Waals surface area contributed by atoms with Crippen LogP contribution in [0.2, 0.25) is 0 Å². The minimum atomic E-state index is -0.849. The number of nitrogens with one attached hydrogen (secondary N) is 1. The molecule has 3 atom stereocenters. The van der Waals surface area contributed by atoms with Gasteiger partial charge in [0.15, 0.2) is 5.75 Å². The number of benzene rings is 3. The number of phenols is 1. The summed E-state index contributed by atoms with van der Waals surface area (Å²) in [4.78, 5) is 11.5. The summed E-state index contributed by atoms with van der Waals surface area (Å²) in [6.45, 7) is 2.28. The Morgan fingerprint density at radius 2 is 1.82 bits per heavy atom. The number of nitro benzene ring substituents is 1. The van der Waals surface area contributed by atoms with Crippen molar-refractivity contribution in [1.29, 1.82) is 0 Å². The van der Waals surface area contributed by atoms with Crippen LogP contribution in [0.5, 0.6) is 11.5 Å². The van der Waals surface area contributed by atoms with Crippen molar-refractivity contribution in [2.24, 2.45) is 0 Å². The molecule has 172 valence electrons. The first-order valence-electron chi connectivity index (χ1n) is 11.1. The molecule has 3 unspecified atom stereocenters. The summed E-state index contributed by atoms with van der Waals surface area (Å²) in [6.07, 6.45) is 0.951. The van der Waals surface area contributed by atoms with E-state index < -0.39 is 11.0 Å². The molecule has 7 heteroatoms. The highest BCUT2D eigenvalue weighted by Gasteiger charge is 2.35. The molecule has 33 heavy (non-hydrogen) atoms. The number of aromatic hydroxyl groups is 1. The van der Waals surface area contributed by atoms with Crippen LogP contribution in [-0.2, 0) is 19.4 Å². The molecule has 0 fully saturated rings. The van der Waals surface area contributed by atoms with Gasteiger partial charge in [-0.05, 0) is 61.1 Å². The lowest BCUT2D eigenvalue weighted by atomic mass is 9.84. The summed E-state index contributed by atoms with van der Waals surface area (Å²) >= 11 is 0. The minimum absolute atomic E-state index is 0.0573. The summed E-state index contributed by atoms with van der Waals surface area (Å²) in [5.41, 5.74) is 3.07. The molecule has 0 heterocycles. The quantitative estimate of drug-likeness (QED) is 0.347. The van der Waals surface area contributed by atoms with E-state index in [1.165, 1.54) is 0 Å². The normalized spacial score (nSPS) is 18.4. The molecule has 0 amide bonds. The van der Waals surface area contributed by atoms with Gasteiger partial charge in [-0.25, -0.2) is 0 Å². The van der Waals surface area contributed by atoms with Crippen LogP contribution in [0, 0.1) is 10.1 Å². The molecular weight excluding hydrogens is 420 g/mol. The highest BCUT2D eigenvalue weighted by atomic mass is 16.6. The van der Waals surface area contributed by atoms with Crippen LogP contribution in [0.4, 0.5) is 5.69 Å². The molecule has 0 radical (unpaired) electrons. The zero-order valence-corrected chi connectivity index (χ0v) is 18.5. The third-order valence-electron chi connectivity index (χ3n) is 6.08. The molecule has 0 spiro atoms. The Morgan fingerprint density at radius 1 is 1.09 bits per heavy atom. The van der Waals surface area contributed by atoms with Crippen molar-refractivity contribution in [2.45, 2.75) is 51.0 Å². The van der Waals surface area contributed by atoms with E-state index in [2.05, 4.69) is 5.32 Å². The van der Waals surface area contributed by atoms with Crippen LogP contribution in [-0.4, -0.2) is 27.2 Å². The van der Waals surface area contributed by atoms with Crippen molar-refractivity contribution in [3.63, 3.8) is 0 Å². The van der Waals surface area contributed by atoms with Gasteiger partial charge in [0.1, 0.15) is 12.4 Å². The lowest BCUT2D eigenvalue weighted by Crippen LogP contribution is -2.44. The summed E-state index contributed by atoms with van der Waals surface area (Å²) in [5.74, 6) is 0.453. The summed E-state index contributed by atoms with van der Waals surface area (Å²) in [5, 5.41) is 35.8. The van der Waals surface area contributed by atoms with Gasteiger partial charge in [-0.15, -0.1) is 0 Å². The van der Waals surface area contributed by atoms with Crippen LogP contribution in [0.15, 0.2) is 66.7 Å². The molecule has 4 rings (SSSR count). The number of nitro groups is 1. The second-order valence-electron chi connectivity index (χ2n) is 8.54. The monoisotopic (exact) mass is 448 g/mol. The molecule has 3 aromatic rings. The number of phenolic OH excluding ortho intramolecular Hbond substituents is 1. The van der Waals surface area contributed by atoms with Crippen molar-refractivity contribution >= 4 is 5.69 Å². The Hall–Kier alpha value is -3.42. The van der Waals surface area contributed by atoms with E-state index in [1.807, 2.05) is 49.4 Å². The molecule has 0 bridgehead atoms. The molecular formula is C26H28N2O5. The van der Waals surface area contributed by atoms with Crippen LogP contribution in [0.3, 0.4) is 0 Å². The molecule has 0 aromatic heterocycles. The van der Waals surface area contributed by atoms with E-state index in [9.17, 15) is 20.3 Å². The standard InChI is InChI=1S/C26H28N2O5/c1-17(15-18-7-9-20(29)10-8-18)27-23-13-11-21-22(26(23)30)12-14-24(25(21)28(31)32)33-16-19-5-3-2-4-6-19/h2-10,12,14,17,23,26-27,29-30H,11,13,15-16H2,1H3. The van der Waals surface area contributed by atoms with Crippen molar-refractivity contribution in [3.8, 4) is 11.5 Å². The number of hydrogen-bond acceptors (Lipinski definition) is 6. The summed E-state index contributed by atoms with van der Waals surface area (Å²) < 4.78 is 5.80. The van der Waals surface area contributed by atoms with E-state index in [0.29, 0.717) is 24.0 Å². The second kappa shape index (κ2) is 10.0. The van der Waals surface area contributed by atoms with Gasteiger partial charge in [0.25, 0.3) is 0 Å². The number of fused-ring (bicyclic) bond motifs is 1. The molecule has 0 saturated heterocycles. The fourth-order valence-corrected chi connectivity index (χ4v) is 4.48. The zero-order valence-electron chi connectivity index (χ0n) is 18.5. The van der Waals surface area contributed by atoms with Crippen LogP contribution in [0.1, 0.15) is 41.7 Å². The van der Waals surface area contributed by atoms with E-state index >= 15 is 0 Å². The number of nitrogens with zero attached hydrogens (tertiary/aromatic N) is 1. The lowest BCUT2D eigenvalue weighted by molar-refractivity contribution is -0.386.